The number of carbonyl (C=O) groups is 1. The van der Waals surface area contributed by atoms with Crippen molar-refractivity contribution in [2.75, 3.05) is 11.5 Å². The van der Waals surface area contributed by atoms with E-state index in [1.807, 2.05) is 6.07 Å². The summed E-state index contributed by atoms with van der Waals surface area (Å²) in [5.74, 6) is 0.980. The van der Waals surface area contributed by atoms with Gasteiger partial charge in [-0.25, -0.2) is 0 Å². The summed E-state index contributed by atoms with van der Waals surface area (Å²) in [7, 11) is 0. The molecule has 0 bridgehead atoms. The van der Waals surface area contributed by atoms with E-state index in [1.54, 1.807) is 0 Å². The molecule has 0 saturated heterocycles. The molecule has 1 rings (SSSR count). The van der Waals surface area contributed by atoms with Crippen LogP contribution >= 0.6 is 11.8 Å². The highest BCUT2D eigenvalue weighted by atomic mass is 32.2. The molecule has 1 saturated carbocycles. The summed E-state index contributed by atoms with van der Waals surface area (Å²) in [6.07, 6.45) is 5.07. The molecule has 0 heterocycles. The molecule has 1 aliphatic carbocycles. The second kappa shape index (κ2) is 6.72. The molecule has 4 heteroatoms. The van der Waals surface area contributed by atoms with E-state index >= 15 is 0 Å². The van der Waals surface area contributed by atoms with Crippen LogP contribution in [0.25, 0.3) is 0 Å². The van der Waals surface area contributed by atoms with Crippen molar-refractivity contribution < 1.29 is 9.53 Å². The van der Waals surface area contributed by atoms with Crippen LogP contribution in [0.1, 0.15) is 32.1 Å². The molecule has 0 aromatic heterocycles. The predicted molar refractivity (Wildman–Crippen MR) is 55.9 cm³/mol. The van der Waals surface area contributed by atoms with Gasteiger partial charge in [0.05, 0.1) is 11.8 Å². The van der Waals surface area contributed by atoms with Crippen LogP contribution < -0.4 is 0 Å². The van der Waals surface area contributed by atoms with Crippen molar-refractivity contribution in [2.45, 2.75) is 38.2 Å². The zero-order valence-electron chi connectivity index (χ0n) is 8.20. The number of thioether (sulfide) groups is 1. The van der Waals surface area contributed by atoms with Crippen molar-refractivity contribution in [3.8, 4) is 6.07 Å². The Hall–Kier alpha value is -0.690. The fourth-order valence-electron chi connectivity index (χ4n) is 1.50. The third-order valence-corrected chi connectivity index (χ3v) is 3.11. The van der Waals surface area contributed by atoms with Gasteiger partial charge in [0, 0.05) is 12.2 Å². The van der Waals surface area contributed by atoms with Crippen LogP contribution in [0.2, 0.25) is 0 Å². The zero-order valence-corrected chi connectivity index (χ0v) is 9.02. The Morgan fingerprint density at radius 3 is 2.86 bits per heavy atom. The van der Waals surface area contributed by atoms with Gasteiger partial charge in [0.2, 0.25) is 0 Å². The fraction of sp³-hybridized carbons (Fsp3) is 0.800. The number of hydrogen-bond acceptors (Lipinski definition) is 4. The zero-order chi connectivity index (χ0) is 10.2. The normalized spacial score (nSPS) is 16.5. The summed E-state index contributed by atoms with van der Waals surface area (Å²) < 4.78 is 5.25. The maximum atomic E-state index is 11.2. The molecule has 0 aromatic carbocycles. The van der Waals surface area contributed by atoms with Gasteiger partial charge in [-0.3, -0.25) is 4.79 Å². The molecule has 0 atom stereocenters. The lowest BCUT2D eigenvalue weighted by Gasteiger charge is -2.10. The number of ether oxygens (including phenoxy) is 1. The van der Waals surface area contributed by atoms with Crippen LogP contribution in [-0.2, 0) is 9.53 Å². The summed E-state index contributed by atoms with van der Waals surface area (Å²) in [6, 6.07) is 2.04. The number of nitriles is 1. The van der Waals surface area contributed by atoms with Gasteiger partial charge in [-0.15, -0.1) is 11.8 Å². The van der Waals surface area contributed by atoms with Gasteiger partial charge in [0.15, 0.2) is 0 Å². The lowest BCUT2D eigenvalue weighted by atomic mass is 10.3. The first-order chi connectivity index (χ1) is 6.83. The SMILES string of the molecule is N#CCCSCC(=O)OC1CCCC1. The van der Waals surface area contributed by atoms with Crippen LogP contribution in [0.4, 0.5) is 0 Å². The molecular weight excluding hydrogens is 198 g/mol. The molecule has 1 aliphatic rings. The number of carbonyl (C=O) groups excluding carboxylic acids is 1. The summed E-state index contributed by atoms with van der Waals surface area (Å²) >= 11 is 1.47. The first-order valence-electron chi connectivity index (χ1n) is 4.97. The van der Waals surface area contributed by atoms with Crippen LogP contribution in [0.3, 0.4) is 0 Å². The number of esters is 1. The van der Waals surface area contributed by atoms with E-state index in [2.05, 4.69) is 0 Å². The van der Waals surface area contributed by atoms with E-state index < -0.39 is 0 Å². The van der Waals surface area contributed by atoms with Crippen molar-refractivity contribution >= 4 is 17.7 Å². The highest BCUT2D eigenvalue weighted by molar-refractivity contribution is 7.99. The van der Waals surface area contributed by atoms with Crippen molar-refractivity contribution in [3.05, 3.63) is 0 Å². The first-order valence-corrected chi connectivity index (χ1v) is 6.12. The molecule has 14 heavy (non-hydrogen) atoms. The standard InChI is InChI=1S/C10H15NO2S/c11-6-3-7-14-8-10(12)13-9-4-1-2-5-9/h9H,1-5,7-8H2. The molecule has 0 aliphatic heterocycles. The highest BCUT2D eigenvalue weighted by Gasteiger charge is 2.18. The average molecular weight is 213 g/mol. The number of rotatable bonds is 5. The third kappa shape index (κ3) is 4.52. The molecular formula is C10H15NO2S. The van der Waals surface area contributed by atoms with Crippen molar-refractivity contribution in [2.24, 2.45) is 0 Å². The molecule has 0 radical (unpaired) electrons. The summed E-state index contributed by atoms with van der Waals surface area (Å²) in [5, 5.41) is 8.28. The molecule has 0 unspecified atom stereocenters. The minimum Gasteiger partial charge on any atom is -0.462 e. The second-order valence-electron chi connectivity index (χ2n) is 3.36. The Kier molecular flexibility index (Phi) is 5.46. The average Bonchev–Trinajstić information content (AvgIpc) is 2.65. The van der Waals surface area contributed by atoms with Crippen molar-refractivity contribution in [1.82, 2.24) is 0 Å². The second-order valence-corrected chi connectivity index (χ2v) is 4.46. The summed E-state index contributed by atoms with van der Waals surface area (Å²) in [5.41, 5.74) is 0. The third-order valence-electron chi connectivity index (χ3n) is 2.18. The van der Waals surface area contributed by atoms with Gasteiger partial charge in [0.25, 0.3) is 0 Å². The highest BCUT2D eigenvalue weighted by Crippen LogP contribution is 2.21. The van der Waals surface area contributed by atoms with Crippen molar-refractivity contribution in [3.63, 3.8) is 0 Å². The first kappa shape index (κ1) is 11.4. The van der Waals surface area contributed by atoms with Gasteiger partial charge in [0.1, 0.15) is 6.10 Å². The van der Waals surface area contributed by atoms with Gasteiger partial charge in [-0.2, -0.15) is 5.26 Å². The van der Waals surface area contributed by atoms with Gasteiger partial charge in [-0.05, 0) is 25.7 Å². The van der Waals surface area contributed by atoms with E-state index in [9.17, 15) is 4.79 Å². The topological polar surface area (TPSA) is 50.1 Å². The van der Waals surface area contributed by atoms with E-state index in [1.165, 1.54) is 24.6 Å². The maximum Gasteiger partial charge on any atom is 0.316 e. The van der Waals surface area contributed by atoms with E-state index in [0.717, 1.165) is 18.6 Å². The van der Waals surface area contributed by atoms with E-state index in [4.69, 9.17) is 10.00 Å². The lowest BCUT2D eigenvalue weighted by molar-refractivity contribution is -0.145. The van der Waals surface area contributed by atoms with E-state index in [-0.39, 0.29) is 12.1 Å². The Labute approximate surface area is 88.8 Å². The largest absolute Gasteiger partial charge is 0.462 e. The number of hydrogen-bond donors (Lipinski definition) is 0. The maximum absolute atomic E-state index is 11.2. The lowest BCUT2D eigenvalue weighted by Crippen LogP contribution is -2.16. The monoisotopic (exact) mass is 213 g/mol. The molecule has 0 amide bonds. The molecule has 0 N–H and O–H groups in total. The molecule has 78 valence electrons. The minimum atomic E-state index is -0.125. The Morgan fingerprint density at radius 2 is 2.21 bits per heavy atom. The molecule has 1 fully saturated rings. The van der Waals surface area contributed by atoms with Crippen molar-refractivity contribution in [1.29, 1.82) is 5.26 Å². The summed E-state index contributed by atoms with van der Waals surface area (Å²) in [6.45, 7) is 0. The van der Waals surface area contributed by atoms with Gasteiger partial charge in [-0.1, -0.05) is 0 Å². The summed E-state index contributed by atoms with van der Waals surface area (Å²) in [4.78, 5) is 11.2. The number of nitrogens with zero attached hydrogens (tertiary/aromatic N) is 1. The van der Waals surface area contributed by atoms with Crippen LogP contribution in [-0.4, -0.2) is 23.6 Å². The molecule has 0 spiro atoms. The van der Waals surface area contributed by atoms with E-state index in [0.29, 0.717) is 12.2 Å². The molecule has 0 aromatic rings. The predicted octanol–water partition coefficient (Wildman–Crippen LogP) is 2.12. The minimum absolute atomic E-state index is 0.125. The Bertz CT molecular complexity index is 219. The fourth-order valence-corrected chi connectivity index (χ4v) is 2.11. The molecule has 3 nitrogen and oxygen atoms in total. The quantitative estimate of drug-likeness (QED) is 0.518. The van der Waals surface area contributed by atoms with Crippen LogP contribution in [0.5, 0.6) is 0 Å². The smallest absolute Gasteiger partial charge is 0.316 e. The van der Waals surface area contributed by atoms with Gasteiger partial charge >= 0.3 is 5.97 Å². The Balaban J connectivity index is 2.01. The van der Waals surface area contributed by atoms with Crippen LogP contribution in [0, 0.1) is 11.3 Å². The van der Waals surface area contributed by atoms with Gasteiger partial charge < -0.3 is 4.74 Å². The van der Waals surface area contributed by atoms with Crippen LogP contribution in [0.15, 0.2) is 0 Å². The Morgan fingerprint density at radius 1 is 1.50 bits per heavy atom.